The Kier molecular flexibility index (Phi) is 3.99. The van der Waals surface area contributed by atoms with Gasteiger partial charge >= 0.3 is 0 Å². The number of aliphatic hydroxyl groups is 1. The number of rotatable bonds is 5. The molecule has 0 spiro atoms. The topological polar surface area (TPSA) is 67.6 Å². The van der Waals surface area contributed by atoms with Crippen molar-refractivity contribution in [2.75, 3.05) is 32.8 Å². The Balaban J connectivity index is 1.30. The lowest BCUT2D eigenvalue weighted by Crippen LogP contribution is -2.57. The first-order valence-electron chi connectivity index (χ1n) is 8.72. The molecule has 0 bridgehead atoms. The minimum absolute atomic E-state index is 0.00726. The number of nitrogens with zero attached hydrogens (tertiary/aromatic N) is 3. The third kappa shape index (κ3) is 3.49. The molecule has 1 aliphatic carbocycles. The van der Waals surface area contributed by atoms with E-state index in [-0.39, 0.29) is 5.56 Å². The normalized spacial score (nSPS) is 29.4. The summed E-state index contributed by atoms with van der Waals surface area (Å²) in [7, 11) is 0. The number of hydrogen-bond acceptors (Lipinski definition) is 5. The van der Waals surface area contributed by atoms with E-state index in [1.807, 2.05) is 6.07 Å². The third-order valence-electron chi connectivity index (χ3n) is 5.17. The summed E-state index contributed by atoms with van der Waals surface area (Å²) in [6, 6.07) is 3.53. The first-order chi connectivity index (χ1) is 11.1. The third-order valence-corrected chi connectivity index (χ3v) is 5.17. The molecule has 6 heteroatoms. The fraction of sp³-hybridized carbons (Fsp3) is 0.765. The van der Waals surface area contributed by atoms with Crippen LogP contribution in [0.5, 0.6) is 0 Å². The fourth-order valence-electron chi connectivity index (χ4n) is 3.74. The van der Waals surface area contributed by atoms with Gasteiger partial charge in [0.15, 0.2) is 0 Å². The largest absolute Gasteiger partial charge is 0.386 e. The summed E-state index contributed by atoms with van der Waals surface area (Å²) < 4.78 is 7.04. The Morgan fingerprint density at radius 1 is 1.35 bits per heavy atom. The molecule has 0 amide bonds. The van der Waals surface area contributed by atoms with Crippen LogP contribution in [0.25, 0.3) is 0 Å². The van der Waals surface area contributed by atoms with E-state index in [0.29, 0.717) is 31.5 Å². The highest BCUT2D eigenvalue weighted by Crippen LogP contribution is 2.38. The van der Waals surface area contributed by atoms with Gasteiger partial charge in [0, 0.05) is 44.1 Å². The molecule has 6 nitrogen and oxygen atoms in total. The second-order valence-corrected chi connectivity index (χ2v) is 7.49. The van der Waals surface area contributed by atoms with Crippen LogP contribution >= 0.6 is 0 Å². The van der Waals surface area contributed by atoms with Gasteiger partial charge in [0.2, 0.25) is 0 Å². The van der Waals surface area contributed by atoms with Gasteiger partial charge < -0.3 is 9.84 Å². The predicted molar refractivity (Wildman–Crippen MR) is 85.4 cm³/mol. The molecule has 126 valence electrons. The second kappa shape index (κ2) is 6.00. The van der Waals surface area contributed by atoms with Gasteiger partial charge in [-0.3, -0.25) is 9.69 Å². The van der Waals surface area contributed by atoms with E-state index in [1.54, 1.807) is 10.7 Å². The summed E-state index contributed by atoms with van der Waals surface area (Å²) in [6.45, 7) is 4.41. The van der Waals surface area contributed by atoms with E-state index < -0.39 is 5.60 Å². The molecular weight excluding hydrogens is 294 g/mol. The van der Waals surface area contributed by atoms with E-state index in [4.69, 9.17) is 4.74 Å². The Hall–Kier alpha value is -1.24. The summed E-state index contributed by atoms with van der Waals surface area (Å²) in [4.78, 5) is 14.2. The van der Waals surface area contributed by atoms with Crippen molar-refractivity contribution >= 4 is 0 Å². The van der Waals surface area contributed by atoms with E-state index in [9.17, 15) is 9.90 Å². The molecule has 1 N–H and O–H groups in total. The zero-order valence-electron chi connectivity index (χ0n) is 13.5. The number of β-amino-alcohol motifs (C(OH)–C–C–N with tert-alkyl or cyclic N) is 1. The summed E-state index contributed by atoms with van der Waals surface area (Å²) >= 11 is 0. The SMILES string of the molecule is O=c1ccc(C2CC2)nn1CC1CN(CC2(O)CCCOC2)C1. The molecule has 1 saturated carbocycles. The van der Waals surface area contributed by atoms with E-state index in [1.165, 1.54) is 12.8 Å². The molecule has 4 rings (SSSR count). The summed E-state index contributed by atoms with van der Waals surface area (Å²) in [6.07, 6.45) is 4.14. The van der Waals surface area contributed by atoms with Crippen molar-refractivity contribution < 1.29 is 9.84 Å². The smallest absolute Gasteiger partial charge is 0.266 e. The molecule has 1 atom stereocenters. The first kappa shape index (κ1) is 15.3. The van der Waals surface area contributed by atoms with Crippen molar-refractivity contribution in [3.8, 4) is 0 Å². The lowest BCUT2D eigenvalue weighted by Gasteiger charge is -2.44. The van der Waals surface area contributed by atoms with E-state index in [2.05, 4.69) is 10.00 Å². The highest BCUT2D eigenvalue weighted by atomic mass is 16.5. The zero-order chi connectivity index (χ0) is 15.9. The number of likely N-dealkylation sites (tertiary alicyclic amines) is 1. The molecule has 1 aromatic rings. The van der Waals surface area contributed by atoms with Gasteiger partial charge in [0.05, 0.1) is 18.8 Å². The molecule has 2 aliphatic heterocycles. The van der Waals surface area contributed by atoms with Crippen molar-refractivity contribution in [1.82, 2.24) is 14.7 Å². The molecule has 3 aliphatic rings. The second-order valence-electron chi connectivity index (χ2n) is 7.49. The van der Waals surface area contributed by atoms with Gasteiger partial charge in [0.25, 0.3) is 5.56 Å². The van der Waals surface area contributed by atoms with Gasteiger partial charge in [-0.2, -0.15) is 5.10 Å². The number of hydrogen-bond donors (Lipinski definition) is 1. The maximum atomic E-state index is 12.0. The average Bonchev–Trinajstić information content (AvgIpc) is 3.32. The van der Waals surface area contributed by atoms with Crippen LogP contribution in [0.15, 0.2) is 16.9 Å². The highest BCUT2D eigenvalue weighted by Gasteiger charge is 2.37. The van der Waals surface area contributed by atoms with Crippen LogP contribution in [0.1, 0.15) is 37.3 Å². The van der Waals surface area contributed by atoms with Crippen LogP contribution in [0.2, 0.25) is 0 Å². The fourth-order valence-corrected chi connectivity index (χ4v) is 3.74. The molecule has 2 saturated heterocycles. The molecular formula is C17H25N3O3. The quantitative estimate of drug-likeness (QED) is 0.860. The summed E-state index contributed by atoms with van der Waals surface area (Å²) in [5.74, 6) is 1.02. The van der Waals surface area contributed by atoms with Gasteiger partial charge in [-0.1, -0.05) is 0 Å². The van der Waals surface area contributed by atoms with Crippen molar-refractivity contribution in [1.29, 1.82) is 0 Å². The summed E-state index contributed by atoms with van der Waals surface area (Å²) in [5.41, 5.74) is 0.367. The summed E-state index contributed by atoms with van der Waals surface area (Å²) in [5, 5.41) is 15.0. The van der Waals surface area contributed by atoms with Crippen LogP contribution in [0.3, 0.4) is 0 Å². The van der Waals surface area contributed by atoms with Crippen LogP contribution in [-0.4, -0.2) is 58.2 Å². The van der Waals surface area contributed by atoms with E-state index in [0.717, 1.165) is 38.2 Å². The molecule has 1 aromatic heterocycles. The number of aromatic nitrogens is 2. The molecule has 3 heterocycles. The lowest BCUT2D eigenvalue weighted by atomic mass is 9.92. The lowest BCUT2D eigenvalue weighted by molar-refractivity contribution is -0.113. The Bertz CT molecular complexity index is 614. The van der Waals surface area contributed by atoms with Crippen LogP contribution < -0.4 is 5.56 Å². The molecule has 0 radical (unpaired) electrons. The maximum absolute atomic E-state index is 12.0. The van der Waals surface area contributed by atoms with Gasteiger partial charge in [-0.05, 0) is 31.7 Å². The molecule has 23 heavy (non-hydrogen) atoms. The van der Waals surface area contributed by atoms with Crippen LogP contribution in [-0.2, 0) is 11.3 Å². The Labute approximate surface area is 136 Å². The van der Waals surface area contributed by atoms with Crippen molar-refractivity contribution in [2.45, 2.75) is 43.7 Å². The standard InChI is InChI=1S/C17H25N3O3/c21-16-5-4-15(14-2-3-14)18-20(16)10-13-8-19(9-13)11-17(22)6-1-7-23-12-17/h4-5,13-14,22H,1-3,6-12H2. The minimum atomic E-state index is -0.690. The van der Waals surface area contributed by atoms with Crippen LogP contribution in [0, 0.1) is 5.92 Å². The Morgan fingerprint density at radius 2 is 2.17 bits per heavy atom. The number of ether oxygens (including phenoxy) is 1. The van der Waals surface area contributed by atoms with Crippen molar-refractivity contribution in [3.63, 3.8) is 0 Å². The monoisotopic (exact) mass is 319 g/mol. The van der Waals surface area contributed by atoms with Crippen molar-refractivity contribution in [3.05, 3.63) is 28.2 Å². The van der Waals surface area contributed by atoms with Crippen molar-refractivity contribution in [2.24, 2.45) is 5.92 Å². The van der Waals surface area contributed by atoms with Gasteiger partial charge in [-0.25, -0.2) is 4.68 Å². The Morgan fingerprint density at radius 3 is 2.87 bits per heavy atom. The average molecular weight is 319 g/mol. The van der Waals surface area contributed by atoms with Gasteiger partial charge in [0.1, 0.15) is 5.60 Å². The highest BCUT2D eigenvalue weighted by molar-refractivity contribution is 5.12. The molecule has 3 fully saturated rings. The zero-order valence-corrected chi connectivity index (χ0v) is 13.5. The minimum Gasteiger partial charge on any atom is -0.386 e. The maximum Gasteiger partial charge on any atom is 0.266 e. The predicted octanol–water partition coefficient (Wildman–Crippen LogP) is 0.594. The van der Waals surface area contributed by atoms with Crippen LogP contribution in [0.4, 0.5) is 0 Å². The van der Waals surface area contributed by atoms with Gasteiger partial charge in [-0.15, -0.1) is 0 Å². The molecule has 1 unspecified atom stereocenters. The van der Waals surface area contributed by atoms with E-state index >= 15 is 0 Å². The molecule has 0 aromatic carbocycles. The first-order valence-corrected chi connectivity index (χ1v) is 8.72.